The van der Waals surface area contributed by atoms with Crippen molar-refractivity contribution < 1.29 is 4.79 Å². The first-order valence-electron chi connectivity index (χ1n) is 9.23. The number of nitrogens with zero attached hydrogens (tertiary/aromatic N) is 3. The molecular weight excluding hydrogens is 396 g/mol. The molecule has 1 aromatic heterocycles. The van der Waals surface area contributed by atoms with Crippen LogP contribution >= 0.6 is 15.9 Å². The predicted molar refractivity (Wildman–Crippen MR) is 106 cm³/mol. The van der Waals surface area contributed by atoms with Gasteiger partial charge in [0.2, 0.25) is 5.91 Å². The van der Waals surface area contributed by atoms with Crippen molar-refractivity contribution >= 4 is 32.7 Å². The number of hydrogen-bond acceptors (Lipinski definition) is 4. The monoisotopic (exact) mass is 420 g/mol. The van der Waals surface area contributed by atoms with Crippen LogP contribution in [0.1, 0.15) is 32.6 Å². The van der Waals surface area contributed by atoms with Crippen LogP contribution in [0.2, 0.25) is 0 Å². The number of aromatic nitrogens is 2. The highest BCUT2D eigenvalue weighted by atomic mass is 79.9. The van der Waals surface area contributed by atoms with E-state index in [1.165, 1.54) is 17.3 Å². The van der Waals surface area contributed by atoms with Gasteiger partial charge in [0.1, 0.15) is 0 Å². The molecule has 1 amide bonds. The first kappa shape index (κ1) is 19.0. The van der Waals surface area contributed by atoms with Gasteiger partial charge in [-0.3, -0.25) is 14.2 Å². The van der Waals surface area contributed by atoms with Gasteiger partial charge in [-0.2, -0.15) is 0 Å². The van der Waals surface area contributed by atoms with Crippen molar-refractivity contribution in [3.05, 3.63) is 39.4 Å². The van der Waals surface area contributed by atoms with Gasteiger partial charge < -0.3 is 10.2 Å². The molecule has 3 rings (SSSR count). The molecule has 2 aromatic rings. The minimum absolute atomic E-state index is 0.000167. The highest BCUT2D eigenvalue weighted by Crippen LogP contribution is 2.15. The average Bonchev–Trinajstić information content (AvgIpc) is 2.63. The summed E-state index contributed by atoms with van der Waals surface area (Å²) in [7, 11) is 0. The molecule has 0 bridgehead atoms. The summed E-state index contributed by atoms with van der Waals surface area (Å²) in [6.45, 7) is 5.75. The summed E-state index contributed by atoms with van der Waals surface area (Å²) in [5, 5.41) is 3.67. The molecule has 2 heterocycles. The molecule has 1 aliphatic rings. The minimum atomic E-state index is -0.114. The number of rotatable bonds is 6. The molecule has 7 heteroatoms. The number of aryl methyl sites for hydroxylation is 1. The quantitative estimate of drug-likeness (QED) is 0.779. The van der Waals surface area contributed by atoms with Crippen LogP contribution in [0.15, 0.2) is 33.8 Å². The van der Waals surface area contributed by atoms with E-state index in [1.54, 1.807) is 6.07 Å². The Bertz CT molecular complexity index is 828. The number of carbonyl (C=O) groups excluding carboxylic acids is 1. The van der Waals surface area contributed by atoms with E-state index in [4.69, 9.17) is 0 Å². The van der Waals surface area contributed by atoms with Gasteiger partial charge >= 0.3 is 0 Å². The zero-order chi connectivity index (χ0) is 18.5. The summed E-state index contributed by atoms with van der Waals surface area (Å²) >= 11 is 3.38. The van der Waals surface area contributed by atoms with Crippen molar-refractivity contribution in [1.82, 2.24) is 19.8 Å². The van der Waals surface area contributed by atoms with E-state index >= 15 is 0 Å². The van der Waals surface area contributed by atoms with Crippen molar-refractivity contribution in [1.29, 1.82) is 0 Å². The zero-order valence-electron chi connectivity index (χ0n) is 15.1. The maximum atomic E-state index is 12.5. The summed E-state index contributed by atoms with van der Waals surface area (Å²) in [6, 6.07) is 5.69. The Kier molecular flexibility index (Phi) is 6.43. The molecule has 0 unspecified atom stereocenters. The summed E-state index contributed by atoms with van der Waals surface area (Å²) in [5.41, 5.74) is 0.551. The fourth-order valence-corrected chi connectivity index (χ4v) is 3.79. The van der Waals surface area contributed by atoms with Crippen LogP contribution in [0, 0.1) is 0 Å². The molecule has 0 radical (unpaired) electrons. The molecule has 1 saturated heterocycles. The smallest absolute Gasteiger partial charge is 0.261 e. The van der Waals surface area contributed by atoms with Crippen LogP contribution < -0.4 is 10.9 Å². The van der Waals surface area contributed by atoms with Crippen LogP contribution in [0.25, 0.3) is 10.9 Å². The minimum Gasteiger partial charge on any atom is -0.353 e. The lowest BCUT2D eigenvalue weighted by Gasteiger charge is -2.32. The SMILES string of the molecule is CCCN1CCC(NC(=O)CCn2cnc3ccc(Br)cc3c2=O)CC1. The highest BCUT2D eigenvalue weighted by molar-refractivity contribution is 9.10. The van der Waals surface area contributed by atoms with Crippen molar-refractivity contribution in [2.45, 2.75) is 45.2 Å². The number of carbonyl (C=O) groups is 1. The predicted octanol–water partition coefficient (Wildman–Crippen LogP) is 2.54. The molecule has 1 aromatic carbocycles. The topological polar surface area (TPSA) is 67.2 Å². The van der Waals surface area contributed by atoms with Gasteiger partial charge in [0.05, 0.1) is 17.2 Å². The Balaban J connectivity index is 1.54. The molecule has 0 saturated carbocycles. The molecule has 1 fully saturated rings. The van der Waals surface area contributed by atoms with Crippen LogP contribution in [0.5, 0.6) is 0 Å². The number of benzene rings is 1. The van der Waals surface area contributed by atoms with Gasteiger partial charge in [-0.15, -0.1) is 0 Å². The van der Waals surface area contributed by atoms with Gasteiger partial charge in [0, 0.05) is 36.6 Å². The third-order valence-electron chi connectivity index (χ3n) is 4.86. The molecule has 1 aliphatic heterocycles. The van der Waals surface area contributed by atoms with Crippen molar-refractivity contribution in [3.8, 4) is 0 Å². The maximum Gasteiger partial charge on any atom is 0.261 e. The molecular formula is C19H25BrN4O2. The van der Waals surface area contributed by atoms with E-state index in [9.17, 15) is 9.59 Å². The van der Waals surface area contributed by atoms with Crippen molar-refractivity contribution in [2.24, 2.45) is 0 Å². The van der Waals surface area contributed by atoms with Gasteiger partial charge in [-0.25, -0.2) is 4.98 Å². The highest BCUT2D eigenvalue weighted by Gasteiger charge is 2.20. The molecule has 0 atom stereocenters. The Morgan fingerprint density at radius 1 is 1.31 bits per heavy atom. The van der Waals surface area contributed by atoms with E-state index in [1.807, 2.05) is 12.1 Å². The fraction of sp³-hybridized carbons (Fsp3) is 0.526. The summed E-state index contributed by atoms with van der Waals surface area (Å²) in [6.07, 6.45) is 4.97. The number of amides is 1. The average molecular weight is 421 g/mol. The lowest BCUT2D eigenvalue weighted by atomic mass is 10.0. The van der Waals surface area contributed by atoms with E-state index in [0.29, 0.717) is 17.4 Å². The summed E-state index contributed by atoms with van der Waals surface area (Å²) in [4.78, 5) is 31.6. The van der Waals surface area contributed by atoms with E-state index in [2.05, 4.69) is 38.1 Å². The first-order chi connectivity index (χ1) is 12.6. The summed E-state index contributed by atoms with van der Waals surface area (Å²) < 4.78 is 2.35. The lowest BCUT2D eigenvalue weighted by Crippen LogP contribution is -2.45. The molecule has 26 heavy (non-hydrogen) atoms. The van der Waals surface area contributed by atoms with Gasteiger partial charge in [0.15, 0.2) is 0 Å². The zero-order valence-corrected chi connectivity index (χ0v) is 16.7. The maximum absolute atomic E-state index is 12.5. The second-order valence-corrected chi connectivity index (χ2v) is 7.75. The normalized spacial score (nSPS) is 16.1. The lowest BCUT2D eigenvalue weighted by molar-refractivity contribution is -0.122. The van der Waals surface area contributed by atoms with Crippen LogP contribution in [-0.4, -0.2) is 46.0 Å². The Labute approximate surface area is 161 Å². The molecule has 1 N–H and O–H groups in total. The standard InChI is InChI=1S/C19H25BrN4O2/c1-2-8-23-9-5-15(6-10-23)22-18(25)7-11-24-13-21-17-4-3-14(20)12-16(17)19(24)26/h3-4,12-13,15H,2,5-11H2,1H3,(H,22,25). The number of hydrogen-bond donors (Lipinski definition) is 1. The molecule has 0 spiro atoms. The van der Waals surface area contributed by atoms with Crippen LogP contribution in [-0.2, 0) is 11.3 Å². The third-order valence-corrected chi connectivity index (χ3v) is 5.35. The van der Waals surface area contributed by atoms with Gasteiger partial charge in [-0.05, 0) is 44.0 Å². The molecule has 140 valence electrons. The largest absolute Gasteiger partial charge is 0.353 e. The Morgan fingerprint density at radius 2 is 2.08 bits per heavy atom. The number of likely N-dealkylation sites (tertiary alicyclic amines) is 1. The van der Waals surface area contributed by atoms with Crippen molar-refractivity contribution in [2.75, 3.05) is 19.6 Å². The molecule has 6 nitrogen and oxygen atoms in total. The second kappa shape index (κ2) is 8.77. The first-order valence-corrected chi connectivity index (χ1v) is 10.0. The Morgan fingerprint density at radius 3 is 2.81 bits per heavy atom. The third kappa shape index (κ3) is 4.71. The van der Waals surface area contributed by atoms with Crippen LogP contribution in [0.4, 0.5) is 0 Å². The van der Waals surface area contributed by atoms with E-state index in [0.717, 1.165) is 36.9 Å². The fourth-order valence-electron chi connectivity index (χ4n) is 3.43. The number of nitrogens with one attached hydrogen (secondary N) is 1. The number of piperidine rings is 1. The van der Waals surface area contributed by atoms with Crippen LogP contribution in [0.3, 0.4) is 0 Å². The second-order valence-electron chi connectivity index (χ2n) is 6.84. The number of fused-ring (bicyclic) bond motifs is 1. The van der Waals surface area contributed by atoms with Gasteiger partial charge in [0.25, 0.3) is 5.56 Å². The molecule has 0 aliphatic carbocycles. The van der Waals surface area contributed by atoms with E-state index < -0.39 is 0 Å². The number of halogens is 1. The Hall–Kier alpha value is -1.73. The van der Waals surface area contributed by atoms with Crippen molar-refractivity contribution in [3.63, 3.8) is 0 Å². The van der Waals surface area contributed by atoms with E-state index in [-0.39, 0.29) is 23.9 Å². The summed E-state index contributed by atoms with van der Waals surface area (Å²) in [5.74, 6) is 0.000167. The van der Waals surface area contributed by atoms with Gasteiger partial charge in [-0.1, -0.05) is 22.9 Å².